The van der Waals surface area contributed by atoms with Crippen molar-refractivity contribution in [3.63, 3.8) is 0 Å². The van der Waals surface area contributed by atoms with E-state index in [0.29, 0.717) is 19.6 Å². The molecular weight excluding hydrogens is 564 g/mol. The second kappa shape index (κ2) is 17.1. The third-order valence-electron chi connectivity index (χ3n) is 8.71. The quantitative estimate of drug-likeness (QED) is 0.203. The number of amides is 2. The highest BCUT2D eigenvalue weighted by Crippen LogP contribution is 2.34. The zero-order valence-corrected chi connectivity index (χ0v) is 26.1. The molecule has 7 nitrogen and oxygen atoms in total. The molecule has 4 atom stereocenters. The normalized spacial score (nSPS) is 21.8. The highest BCUT2D eigenvalue weighted by atomic mass is 16.5. The van der Waals surface area contributed by atoms with Gasteiger partial charge in [0, 0.05) is 12.5 Å². The van der Waals surface area contributed by atoms with Crippen LogP contribution in [0.25, 0.3) is 0 Å². The molecule has 3 aromatic rings. The fourth-order valence-corrected chi connectivity index (χ4v) is 6.40. The van der Waals surface area contributed by atoms with Crippen molar-refractivity contribution in [2.75, 3.05) is 6.61 Å². The van der Waals surface area contributed by atoms with E-state index in [1.165, 1.54) is 6.42 Å². The van der Waals surface area contributed by atoms with Gasteiger partial charge in [-0.2, -0.15) is 0 Å². The van der Waals surface area contributed by atoms with E-state index in [1.807, 2.05) is 91.0 Å². The van der Waals surface area contributed by atoms with Crippen molar-refractivity contribution in [1.29, 1.82) is 0 Å². The Bertz CT molecular complexity index is 1330. The molecular formula is C38H46N2O5. The van der Waals surface area contributed by atoms with Gasteiger partial charge in [-0.05, 0) is 36.0 Å². The van der Waals surface area contributed by atoms with Crippen molar-refractivity contribution >= 4 is 11.8 Å². The molecule has 0 aromatic heterocycles. The number of nitrogens with one attached hydrogen (secondary N) is 1. The Hall–Kier alpha value is -3.78. The third-order valence-corrected chi connectivity index (χ3v) is 8.71. The van der Waals surface area contributed by atoms with Gasteiger partial charge in [-0.1, -0.05) is 116 Å². The standard InChI is InChI=1S/C38H46N2O5/c1-2-3-24-34(41)40-33(28-43-25-29-16-8-4-9-17-29)36(44-26-30-18-10-5-11-19-30)37(45-27-31-20-12-6-13-21-31)35(40)38(42)39-32-22-14-7-15-23-32/h2,4-6,8-13,16-21,32-33,35-37H,1,3,7,14-15,22-28H2,(H,39,42)/t33-,35-,36-,37-/m1/s1. The number of allylic oxidation sites excluding steroid dienone is 1. The number of benzene rings is 3. The highest BCUT2D eigenvalue weighted by Gasteiger charge is 2.55. The summed E-state index contributed by atoms with van der Waals surface area (Å²) in [6.45, 7) is 5.01. The number of nitrogens with zero attached hydrogens (tertiary/aromatic N) is 1. The fourth-order valence-electron chi connectivity index (χ4n) is 6.40. The largest absolute Gasteiger partial charge is 0.375 e. The van der Waals surface area contributed by atoms with Crippen LogP contribution in [0.5, 0.6) is 0 Å². The summed E-state index contributed by atoms with van der Waals surface area (Å²) >= 11 is 0. The van der Waals surface area contributed by atoms with Crippen LogP contribution in [0.4, 0.5) is 0 Å². The van der Waals surface area contributed by atoms with Crippen LogP contribution in [0.15, 0.2) is 104 Å². The van der Waals surface area contributed by atoms with Crippen molar-refractivity contribution in [2.45, 2.75) is 95.1 Å². The molecule has 2 amide bonds. The second-order valence-corrected chi connectivity index (χ2v) is 12.0. The molecule has 1 aliphatic heterocycles. The van der Waals surface area contributed by atoms with Crippen LogP contribution in [0.3, 0.4) is 0 Å². The molecule has 1 saturated heterocycles. The Kier molecular flexibility index (Phi) is 12.4. The van der Waals surface area contributed by atoms with Crippen LogP contribution in [-0.4, -0.2) is 53.7 Å². The number of carbonyl (C=O) groups excluding carboxylic acids is 2. The van der Waals surface area contributed by atoms with Crippen LogP contribution >= 0.6 is 0 Å². The minimum absolute atomic E-state index is 0.0863. The Morgan fingerprint density at radius 2 is 1.29 bits per heavy atom. The molecule has 1 heterocycles. The Morgan fingerprint density at radius 3 is 1.84 bits per heavy atom. The SMILES string of the molecule is C=CCCC(=O)N1[C@H](COCc2ccccc2)[C@@H](OCc2ccccc2)[C@H](OCc2ccccc2)[C@@H]1C(=O)NC1CCCCC1. The van der Waals surface area contributed by atoms with E-state index < -0.39 is 24.3 Å². The van der Waals surface area contributed by atoms with E-state index in [0.717, 1.165) is 42.4 Å². The number of hydrogen-bond donors (Lipinski definition) is 1. The van der Waals surface area contributed by atoms with Crippen LogP contribution in [0.1, 0.15) is 61.6 Å². The molecule has 1 N–H and O–H groups in total. The fraction of sp³-hybridized carbons (Fsp3) is 0.421. The molecule has 3 aromatic carbocycles. The first-order valence-corrected chi connectivity index (χ1v) is 16.3. The van der Waals surface area contributed by atoms with Gasteiger partial charge in [-0.15, -0.1) is 6.58 Å². The third kappa shape index (κ3) is 9.13. The molecule has 238 valence electrons. The van der Waals surface area contributed by atoms with Gasteiger partial charge in [-0.25, -0.2) is 0 Å². The van der Waals surface area contributed by atoms with E-state index in [1.54, 1.807) is 11.0 Å². The lowest BCUT2D eigenvalue weighted by atomic mass is 9.95. The molecule has 5 rings (SSSR count). The first-order chi connectivity index (χ1) is 22.1. The summed E-state index contributed by atoms with van der Waals surface area (Å²) in [7, 11) is 0. The van der Waals surface area contributed by atoms with Crippen molar-refractivity contribution in [2.24, 2.45) is 0 Å². The molecule has 2 fully saturated rings. The minimum Gasteiger partial charge on any atom is -0.375 e. The van der Waals surface area contributed by atoms with Crippen LogP contribution in [0, 0.1) is 0 Å². The van der Waals surface area contributed by atoms with Gasteiger partial charge in [0.25, 0.3) is 0 Å². The summed E-state index contributed by atoms with van der Waals surface area (Å²) in [5, 5.41) is 3.30. The zero-order valence-electron chi connectivity index (χ0n) is 26.1. The zero-order chi connectivity index (χ0) is 31.3. The van der Waals surface area contributed by atoms with Crippen LogP contribution in [-0.2, 0) is 43.6 Å². The van der Waals surface area contributed by atoms with Gasteiger partial charge >= 0.3 is 0 Å². The predicted molar refractivity (Wildman–Crippen MR) is 175 cm³/mol. The average Bonchev–Trinajstić information content (AvgIpc) is 3.40. The van der Waals surface area contributed by atoms with E-state index in [9.17, 15) is 9.59 Å². The van der Waals surface area contributed by atoms with E-state index in [2.05, 4.69) is 11.9 Å². The lowest BCUT2D eigenvalue weighted by molar-refractivity contribution is -0.144. The first-order valence-electron chi connectivity index (χ1n) is 16.3. The van der Waals surface area contributed by atoms with Crippen LogP contribution < -0.4 is 5.32 Å². The summed E-state index contributed by atoms with van der Waals surface area (Å²) in [5.74, 6) is -0.322. The molecule has 0 unspecified atom stereocenters. The molecule has 1 aliphatic carbocycles. The molecule has 2 aliphatic rings. The summed E-state index contributed by atoms with van der Waals surface area (Å²) < 4.78 is 19.6. The Balaban J connectivity index is 1.47. The van der Waals surface area contributed by atoms with Gasteiger partial charge in [0.05, 0.1) is 32.5 Å². The molecule has 0 bridgehead atoms. The summed E-state index contributed by atoms with van der Waals surface area (Å²) in [6.07, 6.45) is 6.42. The van der Waals surface area contributed by atoms with Gasteiger partial charge in [-0.3, -0.25) is 9.59 Å². The van der Waals surface area contributed by atoms with Crippen molar-refractivity contribution in [3.8, 4) is 0 Å². The van der Waals surface area contributed by atoms with E-state index in [-0.39, 0.29) is 37.5 Å². The summed E-state index contributed by atoms with van der Waals surface area (Å²) in [4.78, 5) is 30.0. The predicted octanol–water partition coefficient (Wildman–Crippen LogP) is 6.37. The van der Waals surface area contributed by atoms with Crippen molar-refractivity contribution in [3.05, 3.63) is 120 Å². The van der Waals surface area contributed by atoms with Crippen LogP contribution in [0.2, 0.25) is 0 Å². The molecule has 7 heteroatoms. The Morgan fingerprint density at radius 1 is 0.756 bits per heavy atom. The summed E-state index contributed by atoms with van der Waals surface area (Å²) in [5.41, 5.74) is 3.02. The van der Waals surface area contributed by atoms with Gasteiger partial charge < -0.3 is 24.4 Å². The van der Waals surface area contributed by atoms with Crippen molar-refractivity contribution in [1.82, 2.24) is 10.2 Å². The maximum Gasteiger partial charge on any atom is 0.245 e. The lowest BCUT2D eigenvalue weighted by Crippen LogP contribution is -2.55. The number of carbonyl (C=O) groups is 2. The number of likely N-dealkylation sites (tertiary alicyclic amines) is 1. The average molecular weight is 611 g/mol. The van der Waals surface area contributed by atoms with Gasteiger partial charge in [0.15, 0.2) is 0 Å². The van der Waals surface area contributed by atoms with E-state index >= 15 is 0 Å². The maximum atomic E-state index is 14.3. The molecule has 0 radical (unpaired) electrons. The molecule has 1 saturated carbocycles. The van der Waals surface area contributed by atoms with E-state index in [4.69, 9.17) is 14.2 Å². The molecule has 45 heavy (non-hydrogen) atoms. The number of hydrogen-bond acceptors (Lipinski definition) is 5. The minimum atomic E-state index is -0.862. The number of rotatable bonds is 15. The first kappa shape index (κ1) is 32.6. The smallest absolute Gasteiger partial charge is 0.245 e. The Labute approximate surface area is 267 Å². The highest BCUT2D eigenvalue weighted by molar-refractivity contribution is 5.89. The van der Waals surface area contributed by atoms with Gasteiger partial charge in [0.1, 0.15) is 18.2 Å². The second-order valence-electron chi connectivity index (χ2n) is 12.0. The monoisotopic (exact) mass is 610 g/mol. The topological polar surface area (TPSA) is 77.1 Å². The maximum absolute atomic E-state index is 14.3. The van der Waals surface area contributed by atoms with Crippen molar-refractivity contribution < 1.29 is 23.8 Å². The molecule has 0 spiro atoms. The lowest BCUT2D eigenvalue weighted by Gasteiger charge is -2.32. The number of ether oxygens (including phenoxy) is 3. The van der Waals surface area contributed by atoms with Gasteiger partial charge in [0.2, 0.25) is 11.8 Å². The summed E-state index contributed by atoms with van der Waals surface area (Å²) in [6, 6.07) is 28.5.